The number of thiophene rings is 1. The van der Waals surface area contributed by atoms with Gasteiger partial charge in [-0.05, 0) is 18.6 Å². The largest absolute Gasteiger partial charge is 0.232 e. The first-order valence-corrected chi connectivity index (χ1v) is 6.72. The van der Waals surface area contributed by atoms with Gasteiger partial charge in [0.05, 0.1) is 5.75 Å². The third-order valence-electron chi connectivity index (χ3n) is 1.36. The van der Waals surface area contributed by atoms with Crippen LogP contribution in [0.5, 0.6) is 0 Å². The average Bonchev–Trinajstić information content (AvgIpc) is 2.47. The third-order valence-corrected chi connectivity index (χ3v) is 3.57. The van der Waals surface area contributed by atoms with Gasteiger partial charge < -0.3 is 0 Å². The highest BCUT2D eigenvalue weighted by Gasteiger charge is 2.07. The summed E-state index contributed by atoms with van der Waals surface area (Å²) in [7, 11) is 1.61. The van der Waals surface area contributed by atoms with Crippen LogP contribution in [0.25, 0.3) is 0 Å². The number of hydrogen-bond donors (Lipinski definition) is 0. The maximum atomic E-state index is 10.6. The van der Waals surface area contributed by atoms with Crippen LogP contribution >= 0.6 is 22.0 Å². The van der Waals surface area contributed by atoms with E-state index in [1.165, 1.54) is 11.3 Å². The molecule has 0 unspecified atom stereocenters. The second-order valence-electron chi connectivity index (χ2n) is 2.37. The maximum Gasteiger partial charge on any atom is 0.232 e. The van der Waals surface area contributed by atoms with Crippen molar-refractivity contribution in [3.05, 3.63) is 21.9 Å². The summed E-state index contributed by atoms with van der Waals surface area (Å²) in [5, 5.41) is 8.50. The monoisotopic (exact) mass is 235 g/mol. The predicted molar refractivity (Wildman–Crippen MR) is 52.4 cm³/mol. The van der Waals surface area contributed by atoms with Gasteiger partial charge in [-0.3, -0.25) is 0 Å². The molecule has 0 N–H and O–H groups in total. The van der Waals surface area contributed by atoms with Crippen LogP contribution in [-0.2, 0) is 15.5 Å². The molecule has 0 amide bonds. The quantitative estimate of drug-likeness (QED) is 0.750. The molecule has 0 aliphatic rings. The van der Waals surface area contributed by atoms with Gasteiger partial charge in [-0.2, -0.15) is 5.26 Å². The molecule has 1 heterocycles. The summed E-state index contributed by atoms with van der Waals surface area (Å²) in [6.07, 6.45) is 0.373. The van der Waals surface area contributed by atoms with Crippen LogP contribution in [0.1, 0.15) is 9.75 Å². The molecule has 0 aliphatic carbocycles. The molecule has 0 aliphatic heterocycles. The predicted octanol–water partition coefficient (Wildman–Crippen LogP) is 1.73. The van der Waals surface area contributed by atoms with Crippen molar-refractivity contribution in [3.63, 3.8) is 0 Å². The molecule has 6 heteroatoms. The fourth-order valence-electron chi connectivity index (χ4n) is 0.795. The lowest BCUT2D eigenvalue weighted by Gasteiger charge is -1.92. The number of rotatable bonds is 3. The molecule has 0 spiro atoms. The number of halogens is 1. The molecule has 3 nitrogen and oxygen atoms in total. The van der Waals surface area contributed by atoms with Gasteiger partial charge in [-0.25, -0.2) is 8.42 Å². The molecular formula is C7H6ClNO2S2. The SMILES string of the molecule is N#Cc1ccc(CCS(=O)(=O)Cl)s1. The maximum absolute atomic E-state index is 10.6. The molecule has 1 rings (SSSR count). The Morgan fingerprint density at radius 3 is 2.69 bits per heavy atom. The van der Waals surface area contributed by atoms with Crippen molar-refractivity contribution < 1.29 is 8.42 Å². The molecule has 13 heavy (non-hydrogen) atoms. The highest BCUT2D eigenvalue weighted by molar-refractivity contribution is 8.13. The lowest BCUT2D eigenvalue weighted by molar-refractivity contribution is 0.609. The Morgan fingerprint density at radius 1 is 1.54 bits per heavy atom. The van der Waals surface area contributed by atoms with E-state index in [1.54, 1.807) is 12.1 Å². The molecule has 1 aromatic heterocycles. The van der Waals surface area contributed by atoms with Crippen molar-refractivity contribution in [3.8, 4) is 6.07 Å². The van der Waals surface area contributed by atoms with E-state index in [0.29, 0.717) is 11.3 Å². The summed E-state index contributed by atoms with van der Waals surface area (Å²) >= 11 is 1.29. The van der Waals surface area contributed by atoms with E-state index in [-0.39, 0.29) is 5.75 Å². The van der Waals surface area contributed by atoms with Gasteiger partial charge in [-0.15, -0.1) is 11.3 Å². The minimum absolute atomic E-state index is 0.0834. The average molecular weight is 236 g/mol. The first-order valence-electron chi connectivity index (χ1n) is 3.42. The van der Waals surface area contributed by atoms with Crippen molar-refractivity contribution in [2.75, 3.05) is 5.75 Å². The van der Waals surface area contributed by atoms with E-state index in [1.807, 2.05) is 6.07 Å². The smallest absolute Gasteiger partial charge is 0.212 e. The van der Waals surface area contributed by atoms with Crippen LogP contribution in [0.15, 0.2) is 12.1 Å². The van der Waals surface area contributed by atoms with Gasteiger partial charge in [0.1, 0.15) is 10.9 Å². The topological polar surface area (TPSA) is 57.9 Å². The zero-order valence-electron chi connectivity index (χ0n) is 6.53. The summed E-state index contributed by atoms with van der Waals surface area (Å²) in [6, 6.07) is 5.39. The number of aryl methyl sites for hydroxylation is 1. The molecule has 70 valence electrons. The second-order valence-corrected chi connectivity index (χ2v) is 6.44. The van der Waals surface area contributed by atoms with Gasteiger partial charge in [0, 0.05) is 15.6 Å². The highest BCUT2D eigenvalue weighted by Crippen LogP contribution is 2.16. The number of nitriles is 1. The van der Waals surface area contributed by atoms with Crippen molar-refractivity contribution in [1.29, 1.82) is 5.26 Å². The molecule has 0 atom stereocenters. The van der Waals surface area contributed by atoms with Gasteiger partial charge >= 0.3 is 0 Å². The normalized spacial score (nSPS) is 11.1. The van der Waals surface area contributed by atoms with Gasteiger partial charge in [0.25, 0.3) is 0 Å². The zero-order chi connectivity index (χ0) is 9.90. The van der Waals surface area contributed by atoms with Crippen molar-refractivity contribution >= 4 is 31.1 Å². The lowest BCUT2D eigenvalue weighted by atomic mass is 10.4. The number of nitrogens with zero attached hydrogens (tertiary/aromatic N) is 1. The first-order chi connectivity index (χ1) is 6.01. The van der Waals surface area contributed by atoms with Crippen LogP contribution in [0.3, 0.4) is 0 Å². The Bertz CT molecular complexity index is 430. The van der Waals surface area contributed by atoms with Crippen LogP contribution in [0.4, 0.5) is 0 Å². The van der Waals surface area contributed by atoms with E-state index in [2.05, 4.69) is 0 Å². The molecule has 0 aromatic carbocycles. The summed E-state index contributed by atoms with van der Waals surface area (Å²) in [4.78, 5) is 1.45. The van der Waals surface area contributed by atoms with Gasteiger partial charge in [0.15, 0.2) is 0 Å². The molecule has 0 saturated carbocycles. The van der Waals surface area contributed by atoms with Crippen LogP contribution in [-0.4, -0.2) is 14.2 Å². The van der Waals surface area contributed by atoms with E-state index >= 15 is 0 Å². The van der Waals surface area contributed by atoms with E-state index < -0.39 is 9.05 Å². The minimum Gasteiger partial charge on any atom is -0.212 e. The summed E-state index contributed by atoms with van der Waals surface area (Å²) in [6.45, 7) is 0. The summed E-state index contributed by atoms with van der Waals surface area (Å²) in [5.41, 5.74) is 0. The summed E-state index contributed by atoms with van der Waals surface area (Å²) < 4.78 is 21.2. The van der Waals surface area contributed by atoms with Crippen molar-refractivity contribution in [2.24, 2.45) is 0 Å². The molecule has 1 aromatic rings. The van der Waals surface area contributed by atoms with Crippen molar-refractivity contribution in [1.82, 2.24) is 0 Å². The van der Waals surface area contributed by atoms with Gasteiger partial charge in [-0.1, -0.05) is 0 Å². The molecule has 0 radical (unpaired) electrons. The standard InChI is InChI=1S/C7H6ClNO2S2/c8-13(10,11)4-3-6-1-2-7(5-9)12-6/h1-2H,3-4H2. The van der Waals surface area contributed by atoms with Crippen molar-refractivity contribution in [2.45, 2.75) is 6.42 Å². The van der Waals surface area contributed by atoms with E-state index in [0.717, 1.165) is 4.88 Å². The first kappa shape index (κ1) is 10.5. The molecule has 0 fully saturated rings. The molecule has 0 saturated heterocycles. The Hall–Kier alpha value is -0.570. The Labute approximate surface area is 85.0 Å². The zero-order valence-corrected chi connectivity index (χ0v) is 8.92. The summed E-state index contributed by atoms with van der Waals surface area (Å²) in [5.74, 6) is -0.0834. The van der Waals surface area contributed by atoms with Gasteiger partial charge in [0.2, 0.25) is 9.05 Å². The lowest BCUT2D eigenvalue weighted by Crippen LogP contribution is -1.99. The fraction of sp³-hybridized carbons (Fsp3) is 0.286. The second kappa shape index (κ2) is 4.09. The minimum atomic E-state index is -3.42. The molecule has 0 bridgehead atoms. The highest BCUT2D eigenvalue weighted by atomic mass is 35.7. The van der Waals surface area contributed by atoms with Crippen LogP contribution in [0.2, 0.25) is 0 Å². The van der Waals surface area contributed by atoms with E-state index in [9.17, 15) is 8.42 Å². The third kappa shape index (κ3) is 3.77. The van der Waals surface area contributed by atoms with Crippen LogP contribution < -0.4 is 0 Å². The Balaban J connectivity index is 2.62. The Kier molecular flexibility index (Phi) is 3.31. The van der Waals surface area contributed by atoms with E-state index in [4.69, 9.17) is 15.9 Å². The fourth-order valence-corrected chi connectivity index (χ4v) is 2.42. The molecular weight excluding hydrogens is 230 g/mol. The van der Waals surface area contributed by atoms with Crippen LogP contribution in [0, 0.1) is 11.3 Å². The number of hydrogen-bond acceptors (Lipinski definition) is 4. The Morgan fingerprint density at radius 2 is 2.23 bits per heavy atom.